The van der Waals surface area contributed by atoms with Gasteiger partial charge in [-0.1, -0.05) is 24.9 Å². The summed E-state index contributed by atoms with van der Waals surface area (Å²) < 4.78 is 0.919. The van der Waals surface area contributed by atoms with Crippen molar-refractivity contribution in [1.29, 1.82) is 0 Å². The Morgan fingerprint density at radius 1 is 1.05 bits per heavy atom. The molecule has 1 aromatic rings. The molecule has 2 aliphatic carbocycles. The number of rotatable bonds is 3. The Balaban J connectivity index is 1.81. The van der Waals surface area contributed by atoms with Gasteiger partial charge >= 0.3 is 0 Å². The summed E-state index contributed by atoms with van der Waals surface area (Å²) >= 11 is 9.81. The monoisotopic (exact) mass is 342 g/mol. The van der Waals surface area contributed by atoms with Crippen molar-refractivity contribution in [3.05, 3.63) is 21.1 Å². The predicted octanol–water partition coefficient (Wildman–Crippen LogP) is 5.45. The maximum absolute atomic E-state index is 6.27. The second-order valence-corrected chi connectivity index (χ2v) is 7.12. The maximum Gasteiger partial charge on any atom is 0.147 e. The van der Waals surface area contributed by atoms with Gasteiger partial charge in [0.05, 0.1) is 10.2 Å². The predicted molar refractivity (Wildman–Crippen MR) is 81.7 cm³/mol. The Hall–Kier alpha value is -0.150. The zero-order chi connectivity index (χ0) is 13.4. The number of hydrogen-bond acceptors (Lipinski definition) is 2. The number of nitrogens with zero attached hydrogens (tertiary/aromatic N) is 2. The van der Waals surface area contributed by atoms with Gasteiger partial charge in [-0.25, -0.2) is 9.97 Å². The van der Waals surface area contributed by atoms with Crippen LogP contribution in [0, 0.1) is 5.92 Å². The molecule has 104 valence electrons. The molecule has 0 amide bonds. The third-order valence-electron chi connectivity index (χ3n) is 4.61. The van der Waals surface area contributed by atoms with Crippen molar-refractivity contribution in [1.82, 2.24) is 9.97 Å². The fourth-order valence-corrected chi connectivity index (χ4v) is 3.78. The van der Waals surface area contributed by atoms with Gasteiger partial charge in [0.1, 0.15) is 11.0 Å². The standard InChI is InChI=1S/C15H20BrClN2/c1-2-9-3-5-11(6-4-9)15-18-13(10-7-8-10)12(16)14(17)19-15/h9-11H,2-8H2,1H3. The van der Waals surface area contributed by atoms with Crippen molar-refractivity contribution >= 4 is 27.5 Å². The molecule has 0 aliphatic heterocycles. The molecular weight excluding hydrogens is 324 g/mol. The Kier molecular flexibility index (Phi) is 4.14. The lowest BCUT2D eigenvalue weighted by Gasteiger charge is -2.27. The van der Waals surface area contributed by atoms with E-state index in [1.807, 2.05) is 0 Å². The maximum atomic E-state index is 6.27. The third kappa shape index (κ3) is 2.97. The van der Waals surface area contributed by atoms with Gasteiger partial charge in [0.15, 0.2) is 0 Å². The highest BCUT2D eigenvalue weighted by Crippen LogP contribution is 2.45. The fraction of sp³-hybridized carbons (Fsp3) is 0.733. The van der Waals surface area contributed by atoms with E-state index in [1.165, 1.54) is 44.9 Å². The molecule has 4 heteroatoms. The summed E-state index contributed by atoms with van der Waals surface area (Å²) in [6.45, 7) is 2.29. The van der Waals surface area contributed by atoms with E-state index in [4.69, 9.17) is 16.6 Å². The minimum Gasteiger partial charge on any atom is -0.236 e. The molecule has 0 atom stereocenters. The summed E-state index contributed by atoms with van der Waals surface area (Å²) in [6.07, 6.45) is 8.87. The van der Waals surface area contributed by atoms with Crippen LogP contribution in [0.15, 0.2) is 4.47 Å². The minimum atomic E-state index is 0.519. The zero-order valence-corrected chi connectivity index (χ0v) is 13.7. The molecule has 2 fully saturated rings. The van der Waals surface area contributed by atoms with Gasteiger partial charge in [0.2, 0.25) is 0 Å². The minimum absolute atomic E-state index is 0.519. The smallest absolute Gasteiger partial charge is 0.147 e. The van der Waals surface area contributed by atoms with Crippen molar-refractivity contribution in [2.45, 2.75) is 63.7 Å². The molecule has 1 aromatic heterocycles. The van der Waals surface area contributed by atoms with Gasteiger partial charge in [-0.3, -0.25) is 0 Å². The van der Waals surface area contributed by atoms with E-state index in [9.17, 15) is 0 Å². The quantitative estimate of drug-likeness (QED) is 0.682. The summed E-state index contributed by atoms with van der Waals surface area (Å²) in [6, 6.07) is 0. The van der Waals surface area contributed by atoms with Gasteiger partial charge in [-0.05, 0) is 60.4 Å². The molecule has 1 heterocycles. The zero-order valence-electron chi connectivity index (χ0n) is 11.3. The topological polar surface area (TPSA) is 25.8 Å². The number of halogens is 2. The fourth-order valence-electron chi connectivity index (χ4n) is 3.09. The first kappa shape index (κ1) is 13.8. The highest BCUT2D eigenvalue weighted by atomic mass is 79.9. The van der Waals surface area contributed by atoms with Gasteiger partial charge in [-0.2, -0.15) is 0 Å². The van der Waals surface area contributed by atoms with E-state index < -0.39 is 0 Å². The first-order chi connectivity index (χ1) is 9.19. The van der Waals surface area contributed by atoms with Crippen molar-refractivity contribution in [2.24, 2.45) is 5.92 Å². The highest BCUT2D eigenvalue weighted by Gasteiger charge is 2.31. The first-order valence-electron chi connectivity index (χ1n) is 7.41. The summed E-state index contributed by atoms with van der Waals surface area (Å²) in [5, 5.41) is 0.601. The molecule has 0 N–H and O–H groups in total. The third-order valence-corrected chi connectivity index (χ3v) is 5.89. The van der Waals surface area contributed by atoms with Crippen LogP contribution in [0.2, 0.25) is 5.15 Å². The lowest BCUT2D eigenvalue weighted by atomic mass is 9.80. The van der Waals surface area contributed by atoms with Crippen LogP contribution >= 0.6 is 27.5 Å². The van der Waals surface area contributed by atoms with Gasteiger partial charge in [0, 0.05) is 11.8 Å². The molecule has 0 unspecified atom stereocenters. The van der Waals surface area contributed by atoms with Crippen LogP contribution in [0.4, 0.5) is 0 Å². The molecule has 3 rings (SSSR count). The lowest BCUT2D eigenvalue weighted by molar-refractivity contribution is 0.311. The molecule has 2 aliphatic rings. The second kappa shape index (κ2) is 5.69. The van der Waals surface area contributed by atoms with Crippen molar-refractivity contribution in [2.75, 3.05) is 0 Å². The first-order valence-corrected chi connectivity index (χ1v) is 8.59. The van der Waals surface area contributed by atoms with Crippen LogP contribution in [0.25, 0.3) is 0 Å². The van der Waals surface area contributed by atoms with Crippen LogP contribution in [-0.4, -0.2) is 9.97 Å². The molecule has 0 spiro atoms. The molecule has 0 bridgehead atoms. The van der Waals surface area contributed by atoms with E-state index in [-0.39, 0.29) is 0 Å². The number of hydrogen-bond donors (Lipinski definition) is 0. The summed E-state index contributed by atoms with van der Waals surface area (Å²) in [4.78, 5) is 9.35. The molecule has 2 saturated carbocycles. The van der Waals surface area contributed by atoms with Crippen LogP contribution < -0.4 is 0 Å². The van der Waals surface area contributed by atoms with Crippen molar-refractivity contribution in [3.63, 3.8) is 0 Å². The Bertz CT molecular complexity index is 465. The van der Waals surface area contributed by atoms with Crippen LogP contribution in [-0.2, 0) is 0 Å². The lowest BCUT2D eigenvalue weighted by Crippen LogP contribution is -2.15. The molecule has 0 aromatic carbocycles. The van der Waals surface area contributed by atoms with Gasteiger partial charge in [0.25, 0.3) is 0 Å². The Labute approximate surface area is 128 Å². The average Bonchev–Trinajstić information content (AvgIpc) is 3.26. The summed E-state index contributed by atoms with van der Waals surface area (Å²) in [5.41, 5.74) is 1.15. The molecular formula is C15H20BrClN2. The van der Waals surface area contributed by atoms with Crippen LogP contribution in [0.1, 0.15) is 75.2 Å². The molecule has 0 saturated heterocycles. The van der Waals surface area contributed by atoms with Crippen molar-refractivity contribution in [3.8, 4) is 0 Å². The van der Waals surface area contributed by atoms with E-state index in [0.29, 0.717) is 17.0 Å². The van der Waals surface area contributed by atoms with E-state index in [1.54, 1.807) is 0 Å². The number of aromatic nitrogens is 2. The van der Waals surface area contributed by atoms with E-state index in [0.717, 1.165) is 21.9 Å². The Morgan fingerprint density at radius 3 is 2.26 bits per heavy atom. The van der Waals surface area contributed by atoms with Gasteiger partial charge < -0.3 is 0 Å². The van der Waals surface area contributed by atoms with Crippen LogP contribution in [0.5, 0.6) is 0 Å². The van der Waals surface area contributed by atoms with Crippen LogP contribution in [0.3, 0.4) is 0 Å². The second-order valence-electron chi connectivity index (χ2n) is 5.97. The van der Waals surface area contributed by atoms with E-state index >= 15 is 0 Å². The SMILES string of the molecule is CCC1CCC(c2nc(Cl)c(Br)c(C3CC3)n2)CC1. The summed E-state index contributed by atoms with van der Waals surface area (Å²) in [5.74, 6) is 3.03. The Morgan fingerprint density at radius 2 is 1.68 bits per heavy atom. The molecule has 19 heavy (non-hydrogen) atoms. The molecule has 2 nitrogen and oxygen atoms in total. The normalized spacial score (nSPS) is 27.5. The summed E-state index contributed by atoms with van der Waals surface area (Å²) in [7, 11) is 0. The largest absolute Gasteiger partial charge is 0.236 e. The van der Waals surface area contributed by atoms with Crippen molar-refractivity contribution < 1.29 is 0 Å². The molecule has 0 radical (unpaired) electrons. The van der Waals surface area contributed by atoms with Gasteiger partial charge in [-0.15, -0.1) is 0 Å². The van der Waals surface area contributed by atoms with E-state index in [2.05, 4.69) is 27.8 Å². The average molecular weight is 344 g/mol. The highest BCUT2D eigenvalue weighted by molar-refractivity contribution is 9.10.